The minimum atomic E-state index is -3.02. The molecule has 0 atom stereocenters. The van der Waals surface area contributed by atoms with Gasteiger partial charge in [0, 0.05) is 29.4 Å². The molecule has 44 heavy (non-hydrogen) atoms. The molecule has 3 aromatic carbocycles. The number of halogens is 2. The Labute approximate surface area is 268 Å². The van der Waals surface area contributed by atoms with Gasteiger partial charge in [-0.3, -0.25) is 0 Å². The largest absolute Gasteiger partial charge is 0.487 e. The molecule has 0 fully saturated rings. The first-order chi connectivity index (χ1) is 21.2. The fraction of sp³-hybridized carbons (Fsp3) is 0.250. The summed E-state index contributed by atoms with van der Waals surface area (Å²) in [4.78, 5) is 8.80. The van der Waals surface area contributed by atoms with E-state index in [-0.39, 0.29) is 18.2 Å². The molecule has 12 heteroatoms. The fourth-order valence-corrected chi connectivity index (χ4v) is 4.78. The van der Waals surface area contributed by atoms with Crippen LogP contribution in [0.4, 0.5) is 15.9 Å². The maximum absolute atomic E-state index is 13.4. The molecule has 5 aromatic rings. The summed E-state index contributed by atoms with van der Waals surface area (Å²) in [5.41, 5.74) is 2.99. The van der Waals surface area contributed by atoms with Crippen LogP contribution >= 0.6 is 24.2 Å². The van der Waals surface area contributed by atoms with Crippen LogP contribution in [-0.2, 0) is 23.0 Å². The number of sulfone groups is 1. The number of furan rings is 1. The van der Waals surface area contributed by atoms with Crippen LogP contribution in [-0.4, -0.2) is 43.2 Å². The topological polar surface area (TPSA) is 106 Å². The third kappa shape index (κ3) is 10.2. The highest BCUT2D eigenvalue weighted by Gasteiger charge is 2.11. The van der Waals surface area contributed by atoms with Crippen LogP contribution < -0.4 is 15.4 Å². The van der Waals surface area contributed by atoms with E-state index < -0.39 is 9.84 Å². The van der Waals surface area contributed by atoms with Gasteiger partial charge in [0.05, 0.1) is 22.8 Å². The molecular formula is C32H36ClFN4O4S2. The number of ether oxygens (including phenoxy) is 1. The van der Waals surface area contributed by atoms with E-state index in [1.54, 1.807) is 30.5 Å². The second-order valence-electron chi connectivity index (χ2n) is 9.22. The Hall–Kier alpha value is -3.64. The highest BCUT2D eigenvalue weighted by Crippen LogP contribution is 2.32. The van der Waals surface area contributed by atoms with Gasteiger partial charge in [0.1, 0.15) is 51.7 Å². The first kappa shape index (κ1) is 34.8. The summed E-state index contributed by atoms with van der Waals surface area (Å²) in [5, 5.41) is 7.56. The zero-order valence-corrected chi connectivity index (χ0v) is 27.4. The Balaban J connectivity index is 0.00000127. The van der Waals surface area contributed by atoms with Gasteiger partial charge in [-0.1, -0.05) is 37.6 Å². The SMILES string of the molecule is CC.CS.CS(=O)(=O)CCNCc1ccc(-c2ccc3ncnc(Nc4ccc(OCc5cccc(F)c5)c(Cl)c4)c3c2)o1. The highest BCUT2D eigenvalue weighted by atomic mass is 35.5. The normalized spacial score (nSPS) is 10.8. The van der Waals surface area contributed by atoms with Crippen molar-refractivity contribution in [3.8, 4) is 17.1 Å². The average molecular weight is 659 g/mol. The molecular weight excluding hydrogens is 623 g/mol. The van der Waals surface area contributed by atoms with Crippen LogP contribution in [0, 0.1) is 5.82 Å². The number of benzene rings is 3. The third-order valence-corrected chi connectivity index (χ3v) is 7.25. The molecule has 0 radical (unpaired) electrons. The Morgan fingerprint density at radius 2 is 1.80 bits per heavy atom. The van der Waals surface area contributed by atoms with Gasteiger partial charge in [0.25, 0.3) is 0 Å². The van der Waals surface area contributed by atoms with Crippen LogP contribution in [0.2, 0.25) is 5.02 Å². The van der Waals surface area contributed by atoms with Crippen LogP contribution in [0.1, 0.15) is 25.2 Å². The Morgan fingerprint density at radius 3 is 2.52 bits per heavy atom. The molecule has 0 unspecified atom stereocenters. The first-order valence-electron chi connectivity index (χ1n) is 13.8. The van der Waals surface area contributed by atoms with Gasteiger partial charge in [0.2, 0.25) is 0 Å². The maximum Gasteiger partial charge on any atom is 0.148 e. The summed E-state index contributed by atoms with van der Waals surface area (Å²) in [6, 6.07) is 21.0. The van der Waals surface area contributed by atoms with Gasteiger partial charge in [-0.25, -0.2) is 22.8 Å². The zero-order valence-electron chi connectivity index (χ0n) is 25.0. The van der Waals surface area contributed by atoms with Gasteiger partial charge >= 0.3 is 0 Å². The fourth-order valence-electron chi connectivity index (χ4n) is 4.03. The molecule has 0 bridgehead atoms. The summed E-state index contributed by atoms with van der Waals surface area (Å²) >= 11 is 10.00. The summed E-state index contributed by atoms with van der Waals surface area (Å²) in [6.45, 7) is 4.96. The van der Waals surface area contributed by atoms with Gasteiger partial charge in [-0.05, 0) is 72.5 Å². The van der Waals surface area contributed by atoms with Crippen LogP contribution in [0.5, 0.6) is 5.75 Å². The molecule has 0 saturated carbocycles. The number of hydrogen-bond donors (Lipinski definition) is 3. The molecule has 234 valence electrons. The van der Waals surface area contributed by atoms with Gasteiger partial charge in [-0.2, -0.15) is 12.6 Å². The summed E-state index contributed by atoms with van der Waals surface area (Å²) < 4.78 is 47.8. The average Bonchev–Trinajstić information content (AvgIpc) is 3.50. The second-order valence-corrected chi connectivity index (χ2v) is 11.9. The van der Waals surface area contributed by atoms with Crippen LogP contribution in [0.25, 0.3) is 22.2 Å². The Morgan fingerprint density at radius 1 is 1.00 bits per heavy atom. The van der Waals surface area contributed by atoms with E-state index >= 15 is 0 Å². The lowest BCUT2D eigenvalue weighted by Gasteiger charge is -2.12. The highest BCUT2D eigenvalue weighted by molar-refractivity contribution is 7.90. The van der Waals surface area contributed by atoms with Crippen molar-refractivity contribution in [1.82, 2.24) is 15.3 Å². The van der Waals surface area contributed by atoms with Gasteiger partial charge in [0.15, 0.2) is 0 Å². The Bertz CT molecular complexity index is 1770. The number of aromatic nitrogens is 2. The predicted molar refractivity (Wildman–Crippen MR) is 180 cm³/mol. The monoisotopic (exact) mass is 658 g/mol. The molecule has 0 amide bonds. The minimum Gasteiger partial charge on any atom is -0.487 e. The predicted octanol–water partition coefficient (Wildman–Crippen LogP) is 7.71. The number of anilines is 2. The van der Waals surface area contributed by atoms with E-state index in [1.807, 2.05) is 50.2 Å². The van der Waals surface area contributed by atoms with Crippen molar-refractivity contribution in [1.29, 1.82) is 0 Å². The summed E-state index contributed by atoms with van der Waals surface area (Å²) in [7, 11) is -3.02. The molecule has 0 aliphatic rings. The third-order valence-electron chi connectivity index (χ3n) is 6.01. The number of nitrogens with one attached hydrogen (secondary N) is 2. The number of nitrogens with zero attached hydrogens (tertiary/aromatic N) is 2. The lowest BCUT2D eigenvalue weighted by molar-refractivity contribution is 0.306. The Kier molecular flexibility index (Phi) is 13.5. The molecule has 2 aromatic heterocycles. The molecule has 0 saturated heterocycles. The number of hydrogen-bond acceptors (Lipinski definition) is 9. The molecule has 0 aliphatic heterocycles. The van der Waals surface area contributed by atoms with Crippen molar-refractivity contribution in [2.75, 3.05) is 30.1 Å². The van der Waals surface area contributed by atoms with E-state index in [0.29, 0.717) is 52.5 Å². The van der Waals surface area contributed by atoms with E-state index in [4.69, 9.17) is 20.8 Å². The van der Waals surface area contributed by atoms with E-state index in [1.165, 1.54) is 24.7 Å². The smallest absolute Gasteiger partial charge is 0.148 e. The summed E-state index contributed by atoms with van der Waals surface area (Å²) in [5.74, 6) is 2.17. The second kappa shape index (κ2) is 17.0. The maximum atomic E-state index is 13.4. The van der Waals surface area contributed by atoms with Crippen LogP contribution in [0.15, 0.2) is 83.5 Å². The molecule has 5 rings (SSSR count). The van der Waals surface area contributed by atoms with E-state index in [0.717, 1.165) is 16.5 Å². The van der Waals surface area contributed by atoms with Crippen molar-refractivity contribution in [2.45, 2.75) is 27.0 Å². The van der Waals surface area contributed by atoms with E-state index in [2.05, 4.69) is 33.2 Å². The van der Waals surface area contributed by atoms with Crippen molar-refractivity contribution >= 4 is 56.5 Å². The lowest BCUT2D eigenvalue weighted by atomic mass is 10.1. The van der Waals surface area contributed by atoms with Crippen molar-refractivity contribution in [3.05, 3.63) is 101 Å². The standard InChI is InChI=1S/C29H26ClFN4O4S.C2H6.CH4S/c1-40(36,37)12-11-32-16-23-7-10-27(39-23)20-5-8-26-24(14-20)29(34-18-33-26)35-22-6-9-28(25(30)15-22)38-17-19-3-2-4-21(31)13-19;2*1-2/h2-10,13-15,18,32H,11-12,16-17H2,1H3,(H,33,34,35);1-2H3;2H,1H3. The number of thiol groups is 1. The number of fused-ring (bicyclic) bond motifs is 1. The first-order valence-corrected chi connectivity index (χ1v) is 17.2. The minimum absolute atomic E-state index is 0.0664. The van der Waals surface area contributed by atoms with E-state index in [9.17, 15) is 12.8 Å². The number of rotatable bonds is 11. The quantitative estimate of drug-likeness (QED) is 0.0979. The van der Waals surface area contributed by atoms with Crippen LogP contribution in [0.3, 0.4) is 0 Å². The van der Waals surface area contributed by atoms with Gasteiger partial charge < -0.3 is 19.8 Å². The molecule has 8 nitrogen and oxygen atoms in total. The molecule has 2 N–H and O–H groups in total. The molecule has 0 aliphatic carbocycles. The molecule has 2 heterocycles. The summed E-state index contributed by atoms with van der Waals surface area (Å²) in [6.07, 6.45) is 4.39. The van der Waals surface area contributed by atoms with Crippen molar-refractivity contribution in [2.24, 2.45) is 0 Å². The lowest BCUT2D eigenvalue weighted by Crippen LogP contribution is -2.21. The van der Waals surface area contributed by atoms with Crippen molar-refractivity contribution < 1.29 is 22.0 Å². The zero-order chi connectivity index (χ0) is 32.1. The van der Waals surface area contributed by atoms with Crippen molar-refractivity contribution in [3.63, 3.8) is 0 Å². The molecule has 0 spiro atoms. The van der Waals surface area contributed by atoms with Gasteiger partial charge in [-0.15, -0.1) is 0 Å².